The molecule has 4 fully saturated rings. The second-order valence-electron chi connectivity index (χ2n) is 13.3. The molecule has 7 unspecified atom stereocenters. The van der Waals surface area contributed by atoms with E-state index < -0.39 is 0 Å². The summed E-state index contributed by atoms with van der Waals surface area (Å²) in [4.78, 5) is 0. The highest BCUT2D eigenvalue weighted by molar-refractivity contribution is 5.33. The molecule has 0 nitrogen and oxygen atoms in total. The Bertz CT molecular complexity index is 806. The zero-order valence-corrected chi connectivity index (χ0v) is 30.7. The Balaban J connectivity index is 0.00000111. The van der Waals surface area contributed by atoms with E-state index in [0.717, 1.165) is 41.1 Å². The number of hydrogen-bond acceptors (Lipinski definition) is 0. The Morgan fingerprint density at radius 3 is 1.93 bits per heavy atom. The van der Waals surface area contributed by atoms with Crippen LogP contribution < -0.4 is 0 Å². The molecule has 0 aromatic heterocycles. The van der Waals surface area contributed by atoms with Crippen molar-refractivity contribution in [2.45, 2.75) is 172 Å². The lowest BCUT2D eigenvalue weighted by molar-refractivity contribution is -0.0595. The molecule has 42 heavy (non-hydrogen) atoms. The first-order valence-electron chi connectivity index (χ1n) is 18.8. The third-order valence-corrected chi connectivity index (χ3v) is 12.0. The molecule has 8 atom stereocenters. The number of allylic oxidation sites excluding steroid dienone is 4. The van der Waals surface area contributed by atoms with Gasteiger partial charge in [0, 0.05) is 5.57 Å². The van der Waals surface area contributed by atoms with E-state index in [0.29, 0.717) is 10.8 Å². The predicted octanol–water partition coefficient (Wildman–Crippen LogP) is 14.0. The maximum atomic E-state index is 5.00. The van der Waals surface area contributed by atoms with Crippen molar-refractivity contribution in [2.24, 2.45) is 46.3 Å². The van der Waals surface area contributed by atoms with E-state index in [2.05, 4.69) is 46.8 Å². The molecule has 0 heteroatoms. The SMILES string of the molecule is C#C/C(C=C)=C/C.C=C(CCCC)C1CCC2C3CCC4CC[C@](C)(CC)CCC4C3CCC12CC.CC.CC.CC. The minimum absolute atomic E-state index is 0.626. The summed E-state index contributed by atoms with van der Waals surface area (Å²) in [6.07, 6.45) is 30.6. The average molecular weight is 581 g/mol. The van der Waals surface area contributed by atoms with Crippen LogP contribution in [0.25, 0.3) is 0 Å². The average Bonchev–Trinajstić information content (AvgIpc) is 3.37. The third kappa shape index (κ3) is 9.90. The van der Waals surface area contributed by atoms with Gasteiger partial charge >= 0.3 is 0 Å². The van der Waals surface area contributed by atoms with Gasteiger partial charge in [0.05, 0.1) is 0 Å². The smallest absolute Gasteiger partial charge is 0.0194 e. The lowest BCUT2D eigenvalue weighted by Crippen LogP contribution is -2.48. The molecule has 0 heterocycles. The summed E-state index contributed by atoms with van der Waals surface area (Å²) in [6.45, 7) is 31.9. The largest absolute Gasteiger partial charge is 0.115 e. The van der Waals surface area contributed by atoms with Crippen LogP contribution in [0.15, 0.2) is 36.5 Å². The quantitative estimate of drug-likeness (QED) is 0.160. The molecule has 4 aliphatic rings. The Hall–Kier alpha value is -1.22. The van der Waals surface area contributed by atoms with Crippen molar-refractivity contribution in [3.05, 3.63) is 36.5 Å². The highest BCUT2D eigenvalue weighted by Gasteiger charge is 2.58. The van der Waals surface area contributed by atoms with Gasteiger partial charge in [0.2, 0.25) is 0 Å². The second-order valence-corrected chi connectivity index (χ2v) is 13.3. The second kappa shape index (κ2) is 21.5. The van der Waals surface area contributed by atoms with E-state index in [1.54, 1.807) is 37.3 Å². The summed E-state index contributed by atoms with van der Waals surface area (Å²) in [7, 11) is 0. The third-order valence-electron chi connectivity index (χ3n) is 12.0. The first-order chi connectivity index (χ1) is 20.3. The van der Waals surface area contributed by atoms with Crippen molar-refractivity contribution >= 4 is 0 Å². The van der Waals surface area contributed by atoms with Crippen LogP contribution in [-0.2, 0) is 0 Å². The van der Waals surface area contributed by atoms with Crippen LogP contribution in [-0.4, -0.2) is 0 Å². The summed E-state index contributed by atoms with van der Waals surface area (Å²) in [5.74, 6) is 8.58. The van der Waals surface area contributed by atoms with Gasteiger partial charge in [-0.05, 0) is 137 Å². The van der Waals surface area contributed by atoms with Crippen molar-refractivity contribution in [3.8, 4) is 12.3 Å². The van der Waals surface area contributed by atoms with Gasteiger partial charge in [-0.1, -0.05) is 119 Å². The number of terminal acetylenes is 1. The fraction of sp³-hybridized carbons (Fsp3) is 0.810. The highest BCUT2D eigenvalue weighted by Crippen LogP contribution is 2.67. The van der Waals surface area contributed by atoms with Crippen LogP contribution in [0, 0.1) is 58.7 Å². The maximum Gasteiger partial charge on any atom is 0.0194 e. The lowest BCUT2D eigenvalue weighted by Gasteiger charge is -2.56. The summed E-state index contributed by atoms with van der Waals surface area (Å²) in [6, 6.07) is 0. The molecule has 0 N–H and O–H groups in total. The first-order valence-corrected chi connectivity index (χ1v) is 18.8. The van der Waals surface area contributed by atoms with Crippen LogP contribution in [0.4, 0.5) is 0 Å². The Kier molecular flexibility index (Phi) is 20.9. The van der Waals surface area contributed by atoms with Gasteiger partial charge in [-0.2, -0.15) is 0 Å². The Labute approximate surface area is 267 Å². The molecule has 0 spiro atoms. The number of fused-ring (bicyclic) bond motifs is 5. The molecule has 0 radical (unpaired) electrons. The molecule has 0 aromatic carbocycles. The minimum atomic E-state index is 0.626. The van der Waals surface area contributed by atoms with Gasteiger partial charge in [0.1, 0.15) is 0 Å². The van der Waals surface area contributed by atoms with Gasteiger partial charge in [-0.3, -0.25) is 0 Å². The Morgan fingerprint density at radius 2 is 1.43 bits per heavy atom. The summed E-state index contributed by atoms with van der Waals surface area (Å²) >= 11 is 0. The molecule has 4 aliphatic carbocycles. The van der Waals surface area contributed by atoms with E-state index in [9.17, 15) is 0 Å². The highest BCUT2D eigenvalue weighted by atomic mass is 14.6. The van der Waals surface area contributed by atoms with Crippen LogP contribution in [0.3, 0.4) is 0 Å². The van der Waals surface area contributed by atoms with Crippen molar-refractivity contribution < 1.29 is 0 Å². The molecule has 0 amide bonds. The molecule has 4 rings (SSSR count). The van der Waals surface area contributed by atoms with Gasteiger partial charge in [0.25, 0.3) is 0 Å². The maximum absolute atomic E-state index is 5.00. The van der Waals surface area contributed by atoms with E-state index in [1.807, 2.05) is 54.5 Å². The topological polar surface area (TPSA) is 0 Å². The van der Waals surface area contributed by atoms with E-state index in [1.165, 1.54) is 70.6 Å². The number of unbranched alkanes of at least 4 members (excludes halogenated alkanes) is 1. The molecule has 244 valence electrons. The molecule has 0 bridgehead atoms. The van der Waals surface area contributed by atoms with Crippen LogP contribution in [0.5, 0.6) is 0 Å². The first kappa shape index (κ1) is 40.8. The zero-order valence-electron chi connectivity index (χ0n) is 30.7. The monoisotopic (exact) mass is 581 g/mol. The molecular formula is C42H76. The predicted molar refractivity (Wildman–Crippen MR) is 194 cm³/mol. The van der Waals surface area contributed by atoms with Crippen LogP contribution >= 0.6 is 0 Å². The molecule has 0 aromatic rings. The Morgan fingerprint density at radius 1 is 0.810 bits per heavy atom. The van der Waals surface area contributed by atoms with Gasteiger partial charge in [0.15, 0.2) is 0 Å². The number of hydrogen-bond donors (Lipinski definition) is 0. The van der Waals surface area contributed by atoms with E-state index in [4.69, 9.17) is 6.42 Å². The van der Waals surface area contributed by atoms with Crippen molar-refractivity contribution in [2.75, 3.05) is 0 Å². The van der Waals surface area contributed by atoms with Crippen LogP contribution in [0.1, 0.15) is 172 Å². The lowest BCUT2D eigenvalue weighted by atomic mass is 9.49. The molecule has 0 aliphatic heterocycles. The number of rotatable bonds is 7. The molecular weight excluding hydrogens is 504 g/mol. The van der Waals surface area contributed by atoms with Gasteiger partial charge in [-0.15, -0.1) is 6.42 Å². The van der Waals surface area contributed by atoms with E-state index in [-0.39, 0.29) is 0 Å². The summed E-state index contributed by atoms with van der Waals surface area (Å²) < 4.78 is 0. The minimum Gasteiger partial charge on any atom is -0.115 e. The van der Waals surface area contributed by atoms with Crippen molar-refractivity contribution in [1.29, 1.82) is 0 Å². The van der Waals surface area contributed by atoms with Gasteiger partial charge < -0.3 is 0 Å². The standard InChI is InChI=1S/C29H50.C7H8.3C2H6/c1-6-9-10-21(4)26-13-14-27-25-12-11-22-15-18-28(5,7-2)19-16-23(22)24(25)17-20-29(26,27)8-3;1-4-7(5-2)6-3;3*1-2/h22-27H,4,6-20H2,1-3,5H3;1,5-6H,2H2,3H3;3*1-2H3/b;7-6-;;;/t22?,23?,24?,25?,26?,27?,28-,29?;;;;/m0..../s1. The van der Waals surface area contributed by atoms with Crippen molar-refractivity contribution in [3.63, 3.8) is 0 Å². The van der Waals surface area contributed by atoms with Crippen LogP contribution in [0.2, 0.25) is 0 Å². The van der Waals surface area contributed by atoms with E-state index >= 15 is 0 Å². The van der Waals surface area contributed by atoms with Crippen molar-refractivity contribution in [1.82, 2.24) is 0 Å². The normalized spacial score (nSPS) is 34.6. The fourth-order valence-electron chi connectivity index (χ4n) is 9.51. The molecule has 4 saturated carbocycles. The fourth-order valence-corrected chi connectivity index (χ4v) is 9.51. The van der Waals surface area contributed by atoms with Gasteiger partial charge in [-0.25, -0.2) is 0 Å². The summed E-state index contributed by atoms with van der Waals surface area (Å²) in [5.41, 5.74) is 3.75. The summed E-state index contributed by atoms with van der Waals surface area (Å²) in [5, 5.41) is 0. The zero-order chi connectivity index (χ0) is 32.3. The molecule has 0 saturated heterocycles.